The molecule has 0 spiro atoms. The predicted molar refractivity (Wildman–Crippen MR) is 65.6 cm³/mol. The molecule has 2 nitrogen and oxygen atoms in total. The number of likely N-dealkylation sites (N-methyl/N-ethyl adjacent to an activating group) is 1. The van der Waals surface area contributed by atoms with E-state index in [4.69, 9.17) is 0 Å². The molecule has 0 N–H and O–H groups in total. The van der Waals surface area contributed by atoms with Gasteiger partial charge in [-0.3, -0.25) is 4.90 Å². The van der Waals surface area contributed by atoms with Gasteiger partial charge in [0.1, 0.15) is 6.29 Å². The van der Waals surface area contributed by atoms with E-state index in [0.717, 1.165) is 11.8 Å². The third-order valence-corrected chi connectivity index (χ3v) is 3.40. The van der Waals surface area contributed by atoms with Crippen LogP contribution in [0.1, 0.15) is 35.6 Å². The summed E-state index contributed by atoms with van der Waals surface area (Å²) < 4.78 is 0. The van der Waals surface area contributed by atoms with Crippen molar-refractivity contribution in [2.75, 3.05) is 14.1 Å². The fourth-order valence-electron chi connectivity index (χ4n) is 2.44. The van der Waals surface area contributed by atoms with E-state index >= 15 is 0 Å². The molecule has 0 saturated heterocycles. The summed E-state index contributed by atoms with van der Waals surface area (Å²) in [5.41, 5.74) is 4.04. The third kappa shape index (κ3) is 2.17. The van der Waals surface area contributed by atoms with Gasteiger partial charge in [-0.25, -0.2) is 0 Å². The molecule has 0 saturated carbocycles. The number of fused-ring (bicyclic) bond motifs is 1. The highest BCUT2D eigenvalue weighted by Gasteiger charge is 2.16. The van der Waals surface area contributed by atoms with Crippen LogP contribution >= 0.6 is 0 Å². The smallest absolute Gasteiger partial charge is 0.141 e. The zero-order valence-corrected chi connectivity index (χ0v) is 10.1. The number of carbonyl (C=O) groups excluding carboxylic acids is 1. The molecule has 1 unspecified atom stereocenters. The standard InChI is InChI=1S/C14H19NO/c1-15(2)14(10-16)13-8-7-11-5-3-4-6-12(11)9-13/h7-10,14H,3-6H2,1-2H3. The van der Waals surface area contributed by atoms with E-state index in [0.29, 0.717) is 0 Å². The maximum Gasteiger partial charge on any atom is 0.141 e. The minimum Gasteiger partial charge on any atom is -0.301 e. The summed E-state index contributed by atoms with van der Waals surface area (Å²) in [6.45, 7) is 0. The monoisotopic (exact) mass is 217 g/mol. The Hall–Kier alpha value is -1.15. The van der Waals surface area contributed by atoms with Crippen molar-refractivity contribution in [3.05, 3.63) is 34.9 Å². The summed E-state index contributed by atoms with van der Waals surface area (Å²) in [6, 6.07) is 6.41. The lowest BCUT2D eigenvalue weighted by Gasteiger charge is -2.22. The Kier molecular flexibility index (Phi) is 3.39. The molecule has 0 fully saturated rings. The topological polar surface area (TPSA) is 20.3 Å². The highest BCUT2D eigenvalue weighted by molar-refractivity contribution is 5.61. The second-order valence-corrected chi connectivity index (χ2v) is 4.78. The van der Waals surface area contributed by atoms with Crippen molar-refractivity contribution in [2.45, 2.75) is 31.7 Å². The van der Waals surface area contributed by atoms with Gasteiger partial charge in [0.25, 0.3) is 0 Å². The average molecular weight is 217 g/mol. The Morgan fingerprint density at radius 2 is 1.88 bits per heavy atom. The van der Waals surface area contributed by atoms with Crippen LogP contribution in [0.3, 0.4) is 0 Å². The van der Waals surface area contributed by atoms with Gasteiger partial charge in [0.05, 0.1) is 6.04 Å². The lowest BCUT2D eigenvalue weighted by Crippen LogP contribution is -2.21. The Morgan fingerprint density at radius 3 is 2.50 bits per heavy atom. The zero-order valence-electron chi connectivity index (χ0n) is 10.1. The third-order valence-electron chi connectivity index (χ3n) is 3.40. The summed E-state index contributed by atoms with van der Waals surface area (Å²) in [7, 11) is 3.89. The maximum atomic E-state index is 11.1. The van der Waals surface area contributed by atoms with Crippen LogP contribution in [0.4, 0.5) is 0 Å². The van der Waals surface area contributed by atoms with Gasteiger partial charge in [-0.05, 0) is 56.5 Å². The van der Waals surface area contributed by atoms with Crippen LogP contribution in [-0.4, -0.2) is 25.3 Å². The molecule has 0 bridgehead atoms. The highest BCUT2D eigenvalue weighted by Crippen LogP contribution is 2.25. The molecular weight excluding hydrogens is 198 g/mol. The molecule has 1 aliphatic rings. The first-order chi connectivity index (χ1) is 7.72. The number of hydrogen-bond donors (Lipinski definition) is 0. The van der Waals surface area contributed by atoms with E-state index in [-0.39, 0.29) is 6.04 Å². The minimum atomic E-state index is -0.104. The first-order valence-corrected chi connectivity index (χ1v) is 5.96. The Balaban J connectivity index is 2.32. The van der Waals surface area contributed by atoms with Gasteiger partial charge in [0.2, 0.25) is 0 Å². The lowest BCUT2D eigenvalue weighted by molar-refractivity contribution is -0.111. The van der Waals surface area contributed by atoms with Crippen LogP contribution in [-0.2, 0) is 17.6 Å². The summed E-state index contributed by atoms with van der Waals surface area (Å²) in [4.78, 5) is 13.0. The molecule has 0 aliphatic heterocycles. The van der Waals surface area contributed by atoms with Gasteiger partial charge in [-0.2, -0.15) is 0 Å². The highest BCUT2D eigenvalue weighted by atomic mass is 16.1. The van der Waals surface area contributed by atoms with Crippen LogP contribution in [0.25, 0.3) is 0 Å². The number of hydrogen-bond acceptors (Lipinski definition) is 2. The molecule has 0 amide bonds. The number of benzene rings is 1. The molecule has 0 heterocycles. The van der Waals surface area contributed by atoms with E-state index < -0.39 is 0 Å². The summed E-state index contributed by atoms with van der Waals surface area (Å²) in [5.74, 6) is 0. The second kappa shape index (κ2) is 4.79. The van der Waals surface area contributed by atoms with Crippen molar-refractivity contribution in [1.29, 1.82) is 0 Å². The largest absolute Gasteiger partial charge is 0.301 e. The van der Waals surface area contributed by atoms with Crippen molar-refractivity contribution in [1.82, 2.24) is 4.90 Å². The van der Waals surface area contributed by atoms with Gasteiger partial charge in [0.15, 0.2) is 0 Å². The molecular formula is C14H19NO. The van der Waals surface area contributed by atoms with Crippen molar-refractivity contribution >= 4 is 6.29 Å². The number of nitrogens with zero attached hydrogens (tertiary/aromatic N) is 1. The quantitative estimate of drug-likeness (QED) is 0.724. The van der Waals surface area contributed by atoms with Gasteiger partial charge in [0, 0.05) is 0 Å². The fourth-order valence-corrected chi connectivity index (χ4v) is 2.44. The molecule has 2 heteroatoms. The van der Waals surface area contributed by atoms with Gasteiger partial charge >= 0.3 is 0 Å². The molecule has 16 heavy (non-hydrogen) atoms. The number of aryl methyl sites for hydroxylation is 2. The van der Waals surface area contributed by atoms with E-state index in [2.05, 4.69) is 18.2 Å². The fraction of sp³-hybridized carbons (Fsp3) is 0.500. The number of rotatable bonds is 3. The average Bonchev–Trinajstić information content (AvgIpc) is 2.29. The molecule has 1 aliphatic carbocycles. The molecule has 0 radical (unpaired) electrons. The summed E-state index contributed by atoms with van der Waals surface area (Å²) >= 11 is 0. The van der Waals surface area contributed by atoms with Crippen LogP contribution in [0.2, 0.25) is 0 Å². The predicted octanol–water partition coefficient (Wildman–Crippen LogP) is 2.37. The molecule has 2 rings (SSSR count). The number of aldehydes is 1. The molecule has 86 valence electrons. The summed E-state index contributed by atoms with van der Waals surface area (Å²) in [5, 5.41) is 0. The molecule has 1 atom stereocenters. The van der Waals surface area contributed by atoms with Crippen molar-refractivity contribution in [3.8, 4) is 0 Å². The van der Waals surface area contributed by atoms with Crippen molar-refractivity contribution < 1.29 is 4.79 Å². The van der Waals surface area contributed by atoms with Crippen molar-refractivity contribution in [2.24, 2.45) is 0 Å². The van der Waals surface area contributed by atoms with Crippen LogP contribution in [0.15, 0.2) is 18.2 Å². The van der Waals surface area contributed by atoms with Gasteiger partial charge in [-0.1, -0.05) is 18.2 Å². The minimum absolute atomic E-state index is 0.104. The maximum absolute atomic E-state index is 11.1. The second-order valence-electron chi connectivity index (χ2n) is 4.78. The summed E-state index contributed by atoms with van der Waals surface area (Å²) in [6.07, 6.45) is 5.97. The Labute approximate surface area is 97.3 Å². The lowest BCUT2D eigenvalue weighted by atomic mass is 9.89. The normalized spacial score (nSPS) is 16.9. The first kappa shape index (κ1) is 11.3. The number of carbonyl (C=O) groups is 1. The molecule has 1 aromatic rings. The van der Waals surface area contributed by atoms with Crippen LogP contribution in [0, 0.1) is 0 Å². The van der Waals surface area contributed by atoms with E-state index in [1.165, 1.54) is 36.8 Å². The van der Waals surface area contributed by atoms with Crippen LogP contribution < -0.4 is 0 Å². The van der Waals surface area contributed by atoms with E-state index in [9.17, 15) is 4.79 Å². The van der Waals surface area contributed by atoms with Crippen molar-refractivity contribution in [3.63, 3.8) is 0 Å². The van der Waals surface area contributed by atoms with Gasteiger partial charge < -0.3 is 4.79 Å². The van der Waals surface area contributed by atoms with E-state index in [1.54, 1.807) is 0 Å². The first-order valence-electron chi connectivity index (χ1n) is 5.96. The Morgan fingerprint density at radius 1 is 1.19 bits per heavy atom. The SMILES string of the molecule is CN(C)C(C=O)c1ccc2c(c1)CCCC2. The zero-order chi connectivity index (χ0) is 11.5. The molecule has 1 aromatic carbocycles. The Bertz CT molecular complexity index is 384. The van der Waals surface area contributed by atoms with Gasteiger partial charge in [-0.15, -0.1) is 0 Å². The van der Waals surface area contributed by atoms with E-state index in [1.807, 2.05) is 19.0 Å². The molecule has 0 aromatic heterocycles. The van der Waals surface area contributed by atoms with Crippen LogP contribution in [0.5, 0.6) is 0 Å².